The molecule has 0 aliphatic rings. The van der Waals surface area contributed by atoms with Gasteiger partial charge in [-0.15, -0.1) is 0 Å². The molecule has 0 fully saturated rings. The minimum Gasteiger partial charge on any atom is -0.299 e. The molecule has 2 unspecified atom stereocenters. The number of benzene rings is 1. The summed E-state index contributed by atoms with van der Waals surface area (Å²) in [5.41, 5.74) is -0.599. The third-order valence-electron chi connectivity index (χ3n) is 2.64. The Morgan fingerprint density at radius 3 is 2.33 bits per heavy atom. The number of Topliss-reactive ketones (excluding diaryl/α,β-unsaturated/α-hetero) is 1. The first-order chi connectivity index (χ1) is 8.14. The first-order valence-electron chi connectivity index (χ1n) is 5.15. The van der Waals surface area contributed by atoms with Crippen LogP contribution in [0.1, 0.15) is 30.9 Å². The van der Waals surface area contributed by atoms with Crippen molar-refractivity contribution in [2.45, 2.75) is 30.8 Å². The standard InChI is InChI=1S/C12H11Br2F3O/c1-6(11(14)7(2)18)9-4-3-8(13)5-10(9)12(15,16)17/h3-6,11H,1-2H3. The van der Waals surface area contributed by atoms with Crippen molar-refractivity contribution in [2.24, 2.45) is 0 Å². The van der Waals surface area contributed by atoms with Gasteiger partial charge in [-0.1, -0.05) is 44.8 Å². The molecule has 0 radical (unpaired) electrons. The maximum Gasteiger partial charge on any atom is 0.416 e. The Labute approximate surface area is 120 Å². The number of ketones is 1. The summed E-state index contributed by atoms with van der Waals surface area (Å²) in [6.45, 7) is 2.95. The molecule has 1 nitrogen and oxygen atoms in total. The van der Waals surface area contributed by atoms with Gasteiger partial charge in [0.1, 0.15) is 5.78 Å². The molecule has 0 aromatic heterocycles. The van der Waals surface area contributed by atoms with Crippen molar-refractivity contribution in [1.29, 1.82) is 0 Å². The first kappa shape index (κ1) is 15.7. The number of hydrogen-bond acceptors (Lipinski definition) is 1. The van der Waals surface area contributed by atoms with Crippen LogP contribution in [0.5, 0.6) is 0 Å². The number of rotatable bonds is 3. The minimum absolute atomic E-state index is 0.114. The van der Waals surface area contributed by atoms with Crippen molar-refractivity contribution < 1.29 is 18.0 Å². The molecule has 0 aliphatic heterocycles. The highest BCUT2D eigenvalue weighted by molar-refractivity contribution is 9.10. The van der Waals surface area contributed by atoms with E-state index in [0.29, 0.717) is 4.47 Å². The fourth-order valence-corrected chi connectivity index (χ4v) is 2.33. The van der Waals surface area contributed by atoms with E-state index in [1.54, 1.807) is 13.0 Å². The maximum atomic E-state index is 12.9. The van der Waals surface area contributed by atoms with Crippen LogP contribution in [0.3, 0.4) is 0 Å². The van der Waals surface area contributed by atoms with E-state index in [1.807, 2.05) is 0 Å². The van der Waals surface area contributed by atoms with Gasteiger partial charge in [0.2, 0.25) is 0 Å². The Balaban J connectivity index is 3.28. The lowest BCUT2D eigenvalue weighted by atomic mass is 9.91. The second kappa shape index (κ2) is 5.74. The Morgan fingerprint density at radius 1 is 1.33 bits per heavy atom. The van der Waals surface area contributed by atoms with Crippen molar-refractivity contribution in [3.8, 4) is 0 Å². The van der Waals surface area contributed by atoms with Crippen molar-refractivity contribution in [1.82, 2.24) is 0 Å². The molecular weight excluding hydrogens is 377 g/mol. The maximum absolute atomic E-state index is 12.9. The average molecular weight is 388 g/mol. The molecule has 6 heteroatoms. The fourth-order valence-electron chi connectivity index (χ4n) is 1.68. The summed E-state index contributed by atoms with van der Waals surface area (Å²) in [4.78, 5) is 10.6. The Morgan fingerprint density at radius 2 is 1.89 bits per heavy atom. The van der Waals surface area contributed by atoms with Crippen LogP contribution in [-0.2, 0) is 11.0 Å². The zero-order valence-corrected chi connectivity index (χ0v) is 12.9. The summed E-state index contributed by atoms with van der Waals surface area (Å²) in [5.74, 6) is -0.745. The van der Waals surface area contributed by atoms with Gasteiger partial charge in [-0.3, -0.25) is 4.79 Å². The normalized spacial score (nSPS) is 15.3. The predicted molar refractivity (Wildman–Crippen MR) is 71.0 cm³/mol. The topological polar surface area (TPSA) is 17.1 Å². The van der Waals surface area contributed by atoms with E-state index in [-0.39, 0.29) is 11.3 Å². The second-order valence-electron chi connectivity index (χ2n) is 4.03. The van der Waals surface area contributed by atoms with Crippen LogP contribution in [0.25, 0.3) is 0 Å². The summed E-state index contributed by atoms with van der Waals surface area (Å²) in [5, 5.41) is 0. The molecule has 1 aromatic rings. The van der Waals surface area contributed by atoms with Crippen LogP contribution in [0.15, 0.2) is 22.7 Å². The van der Waals surface area contributed by atoms with Gasteiger partial charge in [0.25, 0.3) is 0 Å². The van der Waals surface area contributed by atoms with Crippen LogP contribution < -0.4 is 0 Å². The van der Waals surface area contributed by atoms with Crippen LogP contribution in [0.2, 0.25) is 0 Å². The third-order valence-corrected chi connectivity index (χ3v) is 4.57. The van der Waals surface area contributed by atoms with Gasteiger partial charge in [0, 0.05) is 10.4 Å². The monoisotopic (exact) mass is 386 g/mol. The molecule has 0 saturated heterocycles. The highest BCUT2D eigenvalue weighted by Gasteiger charge is 2.36. The molecule has 0 N–H and O–H groups in total. The summed E-state index contributed by atoms with van der Waals surface area (Å²) in [7, 11) is 0. The summed E-state index contributed by atoms with van der Waals surface area (Å²) >= 11 is 6.16. The molecule has 18 heavy (non-hydrogen) atoms. The second-order valence-corrected chi connectivity index (χ2v) is 5.93. The number of carbonyl (C=O) groups excluding carboxylic acids is 1. The lowest BCUT2D eigenvalue weighted by Crippen LogP contribution is -2.21. The van der Waals surface area contributed by atoms with E-state index < -0.39 is 22.5 Å². The highest BCUT2D eigenvalue weighted by atomic mass is 79.9. The van der Waals surface area contributed by atoms with Gasteiger partial charge in [-0.2, -0.15) is 13.2 Å². The largest absolute Gasteiger partial charge is 0.416 e. The number of hydrogen-bond donors (Lipinski definition) is 0. The van der Waals surface area contributed by atoms with Crippen molar-refractivity contribution >= 4 is 37.6 Å². The number of halogens is 5. The Bertz CT molecular complexity index is 457. The zero-order chi connectivity index (χ0) is 14.1. The number of carbonyl (C=O) groups is 1. The van der Waals surface area contributed by atoms with Gasteiger partial charge in [-0.05, 0) is 24.6 Å². The smallest absolute Gasteiger partial charge is 0.299 e. The van der Waals surface area contributed by atoms with Crippen LogP contribution >= 0.6 is 31.9 Å². The van der Waals surface area contributed by atoms with Crippen molar-refractivity contribution in [3.63, 3.8) is 0 Å². The molecule has 0 aliphatic carbocycles. The van der Waals surface area contributed by atoms with Crippen molar-refractivity contribution in [3.05, 3.63) is 33.8 Å². The molecule has 0 heterocycles. The van der Waals surface area contributed by atoms with Crippen LogP contribution in [0, 0.1) is 0 Å². The molecule has 1 rings (SSSR count). The molecule has 1 aromatic carbocycles. The van der Waals surface area contributed by atoms with Gasteiger partial charge in [0.05, 0.1) is 10.4 Å². The lowest BCUT2D eigenvalue weighted by Gasteiger charge is -2.21. The third kappa shape index (κ3) is 3.57. The predicted octanol–water partition coefficient (Wildman–Crippen LogP) is 4.92. The Hall–Kier alpha value is -0.360. The van der Waals surface area contributed by atoms with E-state index in [1.165, 1.54) is 13.0 Å². The van der Waals surface area contributed by atoms with Crippen molar-refractivity contribution in [2.75, 3.05) is 0 Å². The summed E-state index contributed by atoms with van der Waals surface area (Å²) < 4.78 is 39.2. The number of alkyl halides is 4. The van der Waals surface area contributed by atoms with Gasteiger partial charge >= 0.3 is 6.18 Å². The van der Waals surface area contributed by atoms with E-state index in [2.05, 4.69) is 31.9 Å². The highest BCUT2D eigenvalue weighted by Crippen LogP contribution is 2.39. The molecule has 0 spiro atoms. The molecular formula is C12H11Br2F3O. The SMILES string of the molecule is CC(=O)C(Br)C(C)c1ccc(Br)cc1C(F)(F)F. The first-order valence-corrected chi connectivity index (χ1v) is 6.86. The molecule has 0 bridgehead atoms. The van der Waals surface area contributed by atoms with E-state index >= 15 is 0 Å². The van der Waals surface area contributed by atoms with E-state index in [4.69, 9.17) is 0 Å². The summed E-state index contributed by atoms with van der Waals surface area (Å²) in [6, 6.07) is 3.97. The quantitative estimate of drug-likeness (QED) is 0.672. The fraction of sp³-hybridized carbons (Fsp3) is 0.417. The van der Waals surface area contributed by atoms with Gasteiger partial charge < -0.3 is 0 Å². The van der Waals surface area contributed by atoms with Gasteiger partial charge in [0.15, 0.2) is 0 Å². The lowest BCUT2D eigenvalue weighted by molar-refractivity contribution is -0.138. The molecule has 100 valence electrons. The van der Waals surface area contributed by atoms with E-state index in [0.717, 1.165) is 6.07 Å². The van der Waals surface area contributed by atoms with Crippen LogP contribution in [0.4, 0.5) is 13.2 Å². The Kier molecular flexibility index (Phi) is 5.00. The van der Waals surface area contributed by atoms with E-state index in [9.17, 15) is 18.0 Å². The minimum atomic E-state index is -4.43. The summed E-state index contributed by atoms with van der Waals surface area (Å²) in [6.07, 6.45) is -4.43. The van der Waals surface area contributed by atoms with Crippen LogP contribution in [-0.4, -0.2) is 10.6 Å². The average Bonchev–Trinajstić information content (AvgIpc) is 2.25. The molecule has 2 atom stereocenters. The van der Waals surface area contributed by atoms with Gasteiger partial charge in [-0.25, -0.2) is 0 Å². The molecule has 0 amide bonds. The molecule has 0 saturated carbocycles. The zero-order valence-electron chi connectivity index (χ0n) is 9.68.